The lowest BCUT2D eigenvalue weighted by atomic mass is 9.31. The van der Waals surface area contributed by atoms with Crippen LogP contribution < -0.4 is 5.73 Å². The van der Waals surface area contributed by atoms with Crippen LogP contribution in [0, 0.1) is 67.5 Å². The first-order valence-electron chi connectivity index (χ1n) is 14.0. The van der Waals surface area contributed by atoms with Crippen molar-refractivity contribution in [1.82, 2.24) is 0 Å². The molecule has 3 unspecified atom stereocenters. The number of carbonyl (C=O) groups excluding carboxylic acids is 2. The molecule has 0 aliphatic heterocycles. The van der Waals surface area contributed by atoms with Gasteiger partial charge < -0.3 is 5.73 Å². The third kappa shape index (κ3) is 3.00. The second-order valence-corrected chi connectivity index (χ2v) is 15.3. The van der Waals surface area contributed by atoms with Crippen molar-refractivity contribution < 1.29 is 9.59 Å². The second kappa shape index (κ2) is 7.31. The fraction of sp³-hybridized carbons (Fsp3) is 0.839. The molecule has 0 aromatic rings. The number of carbonyl (C=O) groups is 2. The number of allylic oxidation sites excluding steroid dienone is 2. The van der Waals surface area contributed by atoms with Gasteiger partial charge in [-0.2, -0.15) is 5.26 Å². The first-order chi connectivity index (χ1) is 16.1. The van der Waals surface area contributed by atoms with Crippen LogP contribution in [0.4, 0.5) is 0 Å². The largest absolute Gasteiger partial charge is 0.330 e. The van der Waals surface area contributed by atoms with Crippen LogP contribution in [-0.4, -0.2) is 18.1 Å². The van der Waals surface area contributed by atoms with E-state index in [-0.39, 0.29) is 50.6 Å². The quantitative estimate of drug-likeness (QED) is 0.483. The zero-order chi connectivity index (χ0) is 25.8. The topological polar surface area (TPSA) is 83.9 Å². The number of nitrogens with zero attached hydrogens (tertiary/aromatic N) is 1. The van der Waals surface area contributed by atoms with Gasteiger partial charge in [0.2, 0.25) is 0 Å². The molecule has 0 saturated heterocycles. The Labute approximate surface area is 212 Å². The first kappa shape index (κ1) is 25.2. The molecule has 192 valence electrons. The number of nitrogens with two attached hydrogens (primary N) is 1. The lowest BCUT2D eigenvalue weighted by Crippen LogP contribution is -2.69. The van der Waals surface area contributed by atoms with Crippen LogP contribution in [0.2, 0.25) is 0 Å². The predicted octanol–water partition coefficient (Wildman–Crippen LogP) is 6.24. The van der Waals surface area contributed by atoms with Crippen molar-refractivity contribution >= 4 is 11.6 Å². The standard InChI is InChI=1S/C31H46N2O2/c1-26(2)10-12-31(18-33)13-11-30(7)24(20(31)16-26)21(34)14-23-28(5)15-19(17-32)25(35)27(3,4)22(28)8-9-29(23,30)6/h15,20,22-24H,8-14,16,18,33H2,1-7H3/t20?,22-,23+,24-,28?,29?,30+,31+/m0/s1. The Morgan fingerprint density at radius 3 is 2.23 bits per heavy atom. The van der Waals surface area contributed by atoms with Crippen molar-refractivity contribution in [2.75, 3.05) is 6.54 Å². The van der Waals surface area contributed by atoms with Gasteiger partial charge in [-0.05, 0) is 96.3 Å². The molecular formula is C31H46N2O2. The lowest BCUT2D eigenvalue weighted by Gasteiger charge is -2.72. The minimum atomic E-state index is -0.578. The molecule has 4 fully saturated rings. The molecule has 0 amide bonds. The summed E-state index contributed by atoms with van der Waals surface area (Å²) < 4.78 is 0. The number of Topliss-reactive ketones (excluding diaryl/α,β-unsaturated/α-hetero) is 2. The highest BCUT2D eigenvalue weighted by Crippen LogP contribution is 2.75. The number of rotatable bonds is 1. The Bertz CT molecular complexity index is 1050. The van der Waals surface area contributed by atoms with E-state index in [2.05, 4.69) is 40.7 Å². The van der Waals surface area contributed by atoms with Crippen LogP contribution in [0.15, 0.2) is 11.6 Å². The maximum Gasteiger partial charge on any atom is 0.178 e. The number of ketones is 2. The summed E-state index contributed by atoms with van der Waals surface area (Å²) in [5.41, 5.74) is 6.18. The summed E-state index contributed by atoms with van der Waals surface area (Å²) in [5.74, 6) is 1.15. The molecule has 2 N–H and O–H groups in total. The van der Waals surface area contributed by atoms with Crippen molar-refractivity contribution in [3.8, 4) is 6.07 Å². The second-order valence-electron chi connectivity index (χ2n) is 15.3. The monoisotopic (exact) mass is 478 g/mol. The van der Waals surface area contributed by atoms with Crippen LogP contribution in [0.3, 0.4) is 0 Å². The summed E-state index contributed by atoms with van der Waals surface area (Å²) >= 11 is 0. The van der Waals surface area contributed by atoms with Crippen molar-refractivity contribution in [3.05, 3.63) is 11.6 Å². The van der Waals surface area contributed by atoms with Gasteiger partial charge in [0.15, 0.2) is 5.78 Å². The number of nitriles is 1. The van der Waals surface area contributed by atoms with E-state index in [4.69, 9.17) is 5.73 Å². The van der Waals surface area contributed by atoms with Gasteiger partial charge >= 0.3 is 0 Å². The van der Waals surface area contributed by atoms with Gasteiger partial charge in [-0.25, -0.2) is 0 Å². The van der Waals surface area contributed by atoms with Crippen molar-refractivity contribution in [2.45, 2.75) is 99.8 Å². The fourth-order valence-corrected chi connectivity index (χ4v) is 10.8. The third-order valence-corrected chi connectivity index (χ3v) is 13.1. The zero-order valence-electron chi connectivity index (χ0n) is 23.1. The lowest BCUT2D eigenvalue weighted by molar-refractivity contribution is -0.221. The first-order valence-corrected chi connectivity index (χ1v) is 14.0. The summed E-state index contributed by atoms with van der Waals surface area (Å²) in [6, 6.07) is 2.22. The van der Waals surface area contributed by atoms with Gasteiger partial charge in [0.25, 0.3) is 0 Å². The van der Waals surface area contributed by atoms with Gasteiger partial charge in [-0.15, -0.1) is 0 Å². The van der Waals surface area contributed by atoms with Crippen LogP contribution in [-0.2, 0) is 9.59 Å². The van der Waals surface area contributed by atoms with E-state index in [9.17, 15) is 14.9 Å². The molecule has 4 saturated carbocycles. The van der Waals surface area contributed by atoms with Crippen molar-refractivity contribution in [2.24, 2.45) is 61.9 Å². The molecule has 35 heavy (non-hydrogen) atoms. The molecule has 0 aromatic carbocycles. The predicted molar refractivity (Wildman–Crippen MR) is 138 cm³/mol. The molecule has 0 aromatic heterocycles. The Morgan fingerprint density at radius 2 is 1.60 bits per heavy atom. The van der Waals surface area contributed by atoms with Crippen LogP contribution in [0.1, 0.15) is 99.8 Å². The van der Waals surface area contributed by atoms with Crippen molar-refractivity contribution in [3.63, 3.8) is 0 Å². The molecule has 0 heterocycles. The Hall–Kier alpha value is -1.47. The normalized spacial score (nSPS) is 50.1. The van der Waals surface area contributed by atoms with E-state index in [1.807, 2.05) is 19.9 Å². The van der Waals surface area contributed by atoms with Crippen LogP contribution in [0.5, 0.6) is 0 Å². The van der Waals surface area contributed by atoms with Gasteiger partial charge in [-0.1, -0.05) is 54.5 Å². The third-order valence-electron chi connectivity index (χ3n) is 13.1. The van der Waals surface area contributed by atoms with Gasteiger partial charge in [0.1, 0.15) is 11.9 Å². The molecule has 0 spiro atoms. The summed E-state index contributed by atoms with van der Waals surface area (Å²) in [7, 11) is 0. The minimum Gasteiger partial charge on any atom is -0.330 e. The number of fused-ring (bicyclic) bond motifs is 7. The highest BCUT2D eigenvalue weighted by Gasteiger charge is 2.71. The van der Waals surface area contributed by atoms with Gasteiger partial charge in [0, 0.05) is 17.8 Å². The molecule has 4 heteroatoms. The Balaban J connectivity index is 1.63. The number of hydrogen-bond acceptors (Lipinski definition) is 4. The van der Waals surface area contributed by atoms with Crippen LogP contribution in [0.25, 0.3) is 0 Å². The zero-order valence-corrected chi connectivity index (χ0v) is 23.1. The van der Waals surface area contributed by atoms with E-state index < -0.39 is 5.41 Å². The van der Waals surface area contributed by atoms with Gasteiger partial charge in [-0.3, -0.25) is 9.59 Å². The molecule has 5 rings (SSSR count). The summed E-state index contributed by atoms with van der Waals surface area (Å²) in [4.78, 5) is 27.5. The molecule has 8 atom stereocenters. The van der Waals surface area contributed by atoms with E-state index >= 15 is 0 Å². The van der Waals surface area contributed by atoms with E-state index in [0.717, 1.165) is 38.5 Å². The fourth-order valence-electron chi connectivity index (χ4n) is 10.8. The molecule has 5 aliphatic carbocycles. The average Bonchev–Trinajstić information content (AvgIpc) is 2.77. The smallest absolute Gasteiger partial charge is 0.178 e. The maximum atomic E-state index is 14.4. The Kier molecular flexibility index (Phi) is 5.26. The van der Waals surface area contributed by atoms with Crippen molar-refractivity contribution in [1.29, 1.82) is 5.26 Å². The summed E-state index contributed by atoms with van der Waals surface area (Å²) in [5, 5.41) is 9.86. The van der Waals surface area contributed by atoms with E-state index in [0.29, 0.717) is 30.2 Å². The van der Waals surface area contributed by atoms with Gasteiger partial charge in [0.05, 0.1) is 5.57 Å². The number of hydrogen-bond donors (Lipinski definition) is 1. The average molecular weight is 479 g/mol. The van der Waals surface area contributed by atoms with E-state index in [1.54, 1.807) is 0 Å². The maximum absolute atomic E-state index is 14.4. The molecular weight excluding hydrogens is 432 g/mol. The Morgan fingerprint density at radius 1 is 0.943 bits per heavy atom. The van der Waals surface area contributed by atoms with Crippen LogP contribution >= 0.6 is 0 Å². The molecule has 0 bridgehead atoms. The SMILES string of the molecule is CC1(C)CC[C@]2(CN)CC[C@]3(C)[C@H](C(=O)C[C@@H]4C5(C)C=C(C#N)C(=O)C(C)(C)[C@@H]5CCC43C)C2C1. The molecule has 5 aliphatic rings. The van der Waals surface area contributed by atoms with E-state index in [1.165, 1.54) is 6.42 Å². The molecule has 0 radical (unpaired) electrons. The summed E-state index contributed by atoms with van der Waals surface area (Å²) in [6.07, 6.45) is 10.2. The molecule has 4 nitrogen and oxygen atoms in total. The highest BCUT2D eigenvalue weighted by molar-refractivity contribution is 6.04. The minimum absolute atomic E-state index is 0.00723. The summed E-state index contributed by atoms with van der Waals surface area (Å²) in [6.45, 7) is 16.7. The highest BCUT2D eigenvalue weighted by atomic mass is 16.1.